The highest BCUT2D eigenvalue weighted by Crippen LogP contribution is 2.19. The molecule has 3 rings (SSSR count). The van der Waals surface area contributed by atoms with E-state index in [-0.39, 0.29) is 5.91 Å². The topological polar surface area (TPSA) is 64.7 Å². The number of carbonyl (C=O) groups excluding carboxylic acids is 2. The number of nitrogens with zero attached hydrogens (tertiary/aromatic N) is 2. The van der Waals surface area contributed by atoms with Crippen molar-refractivity contribution in [2.45, 2.75) is 59.1 Å². The summed E-state index contributed by atoms with van der Waals surface area (Å²) in [5, 5.41) is 0. The summed E-state index contributed by atoms with van der Waals surface area (Å²) >= 11 is 0. The molecule has 0 saturated carbocycles. The van der Waals surface area contributed by atoms with Crippen LogP contribution in [0.25, 0.3) is 0 Å². The highest BCUT2D eigenvalue weighted by molar-refractivity contribution is 5.93. The number of aromatic nitrogens is 1. The first kappa shape index (κ1) is 19.3. The van der Waals surface area contributed by atoms with Crippen molar-refractivity contribution in [2.24, 2.45) is 0 Å². The molecule has 0 N–H and O–H groups in total. The predicted octanol–water partition coefficient (Wildman–Crippen LogP) is 3.69. The average molecular weight is 372 g/mol. The van der Waals surface area contributed by atoms with E-state index in [4.69, 9.17) is 9.15 Å². The number of furan rings is 1. The fourth-order valence-electron chi connectivity index (χ4n) is 3.63. The van der Waals surface area contributed by atoms with Crippen LogP contribution in [0.2, 0.25) is 0 Å². The van der Waals surface area contributed by atoms with Gasteiger partial charge in [0.05, 0.1) is 18.4 Å². The fraction of sp³-hybridized carbons (Fsp3) is 0.524. The largest absolute Gasteiger partial charge is 0.467 e. The van der Waals surface area contributed by atoms with Gasteiger partial charge in [-0.1, -0.05) is 12.8 Å². The number of hydrogen-bond donors (Lipinski definition) is 0. The Balaban J connectivity index is 1.67. The maximum absolute atomic E-state index is 12.7. The molecule has 0 bridgehead atoms. The van der Waals surface area contributed by atoms with Gasteiger partial charge in [0.25, 0.3) is 5.91 Å². The molecule has 2 aromatic heterocycles. The summed E-state index contributed by atoms with van der Waals surface area (Å²) in [4.78, 5) is 27.1. The van der Waals surface area contributed by atoms with Crippen LogP contribution >= 0.6 is 0 Å². The number of likely N-dealkylation sites (tertiary alicyclic amines) is 1. The van der Waals surface area contributed by atoms with Crippen LogP contribution in [0, 0.1) is 13.8 Å². The maximum Gasteiger partial charge on any atom is 0.340 e. The monoisotopic (exact) mass is 372 g/mol. The van der Waals surface area contributed by atoms with Crippen molar-refractivity contribution >= 4 is 11.9 Å². The molecule has 0 unspecified atom stereocenters. The van der Waals surface area contributed by atoms with E-state index in [0.717, 1.165) is 55.9 Å². The molecule has 6 nitrogen and oxygen atoms in total. The first-order valence-corrected chi connectivity index (χ1v) is 9.66. The smallest absolute Gasteiger partial charge is 0.340 e. The molecule has 0 aliphatic carbocycles. The van der Waals surface area contributed by atoms with E-state index in [1.54, 1.807) is 13.2 Å². The Kier molecular flexibility index (Phi) is 6.04. The van der Waals surface area contributed by atoms with Crippen LogP contribution in [0.5, 0.6) is 0 Å². The lowest BCUT2D eigenvalue weighted by molar-refractivity contribution is -0.139. The molecule has 1 saturated heterocycles. The number of hydrogen-bond acceptors (Lipinski definition) is 4. The lowest BCUT2D eigenvalue weighted by atomic mass is 10.2. The Morgan fingerprint density at radius 3 is 2.52 bits per heavy atom. The van der Waals surface area contributed by atoms with Crippen molar-refractivity contribution in [1.29, 1.82) is 0 Å². The van der Waals surface area contributed by atoms with E-state index in [9.17, 15) is 9.59 Å². The average Bonchev–Trinajstić information content (AvgIpc) is 3.15. The lowest BCUT2D eigenvalue weighted by Gasteiger charge is -2.24. The summed E-state index contributed by atoms with van der Waals surface area (Å²) in [6, 6.07) is 5.55. The molecule has 1 aliphatic heterocycles. The van der Waals surface area contributed by atoms with Gasteiger partial charge < -0.3 is 18.6 Å². The zero-order valence-electron chi connectivity index (χ0n) is 16.4. The van der Waals surface area contributed by atoms with Crippen molar-refractivity contribution < 1.29 is 18.7 Å². The normalized spacial score (nSPS) is 16.0. The van der Waals surface area contributed by atoms with Crippen molar-refractivity contribution in [3.63, 3.8) is 0 Å². The molecule has 3 heterocycles. The van der Waals surface area contributed by atoms with E-state index < -0.39 is 12.1 Å². The van der Waals surface area contributed by atoms with Crippen LogP contribution in [0.1, 0.15) is 60.1 Å². The highest BCUT2D eigenvalue weighted by Gasteiger charge is 2.26. The van der Waals surface area contributed by atoms with Crippen LogP contribution in [0.4, 0.5) is 0 Å². The third-order valence-corrected chi connectivity index (χ3v) is 5.24. The number of esters is 1. The molecule has 1 aliphatic rings. The summed E-state index contributed by atoms with van der Waals surface area (Å²) < 4.78 is 12.9. The second-order valence-electron chi connectivity index (χ2n) is 7.24. The van der Waals surface area contributed by atoms with Crippen LogP contribution < -0.4 is 0 Å². The Morgan fingerprint density at radius 2 is 1.89 bits per heavy atom. The molecular formula is C21H28N2O4. The van der Waals surface area contributed by atoms with Gasteiger partial charge in [0.15, 0.2) is 6.10 Å². The van der Waals surface area contributed by atoms with Gasteiger partial charge in [-0.3, -0.25) is 4.79 Å². The summed E-state index contributed by atoms with van der Waals surface area (Å²) in [5.41, 5.74) is 2.25. The molecule has 0 radical (unpaired) electrons. The molecule has 1 fully saturated rings. The number of aryl methyl sites for hydroxylation is 1. The van der Waals surface area contributed by atoms with Crippen molar-refractivity contribution in [3.8, 4) is 0 Å². The summed E-state index contributed by atoms with van der Waals surface area (Å²) in [6.07, 6.45) is 5.19. The van der Waals surface area contributed by atoms with Gasteiger partial charge in [-0.25, -0.2) is 4.79 Å². The third-order valence-electron chi connectivity index (χ3n) is 5.24. The van der Waals surface area contributed by atoms with Gasteiger partial charge in [0.1, 0.15) is 5.76 Å². The SMILES string of the molecule is Cc1cc(C(=O)O[C@@H](C)C(=O)N2CCCCCC2)c(C)n1Cc1ccco1. The number of rotatable bonds is 5. The van der Waals surface area contributed by atoms with Crippen LogP contribution in [-0.2, 0) is 16.1 Å². The van der Waals surface area contributed by atoms with E-state index in [1.807, 2.05) is 41.5 Å². The molecule has 0 aromatic carbocycles. The molecule has 1 amide bonds. The second-order valence-corrected chi connectivity index (χ2v) is 7.24. The minimum absolute atomic E-state index is 0.102. The van der Waals surface area contributed by atoms with Gasteiger partial charge in [0.2, 0.25) is 0 Å². The molecule has 2 aromatic rings. The Hall–Kier alpha value is -2.50. The zero-order valence-corrected chi connectivity index (χ0v) is 16.4. The van der Waals surface area contributed by atoms with Crippen molar-refractivity contribution in [1.82, 2.24) is 9.47 Å². The molecule has 146 valence electrons. The maximum atomic E-state index is 12.7. The predicted molar refractivity (Wildman–Crippen MR) is 102 cm³/mol. The van der Waals surface area contributed by atoms with E-state index in [2.05, 4.69) is 0 Å². The quantitative estimate of drug-likeness (QED) is 0.751. The molecule has 1 atom stereocenters. The van der Waals surface area contributed by atoms with Gasteiger partial charge in [0, 0.05) is 24.5 Å². The number of carbonyl (C=O) groups is 2. The van der Waals surface area contributed by atoms with Crippen LogP contribution in [0.15, 0.2) is 28.9 Å². The van der Waals surface area contributed by atoms with Gasteiger partial charge in [-0.15, -0.1) is 0 Å². The standard InChI is InChI=1S/C21H28N2O4/c1-15-13-19(16(2)23(15)14-18-9-8-12-26-18)21(25)27-17(3)20(24)22-10-6-4-5-7-11-22/h8-9,12-13,17H,4-7,10-11,14H2,1-3H3/t17-/m0/s1. The lowest BCUT2D eigenvalue weighted by Crippen LogP contribution is -2.40. The number of ether oxygens (including phenoxy) is 1. The van der Waals surface area contributed by atoms with E-state index in [0.29, 0.717) is 12.1 Å². The first-order chi connectivity index (χ1) is 13.0. The van der Waals surface area contributed by atoms with E-state index >= 15 is 0 Å². The molecule has 27 heavy (non-hydrogen) atoms. The fourth-order valence-corrected chi connectivity index (χ4v) is 3.63. The summed E-state index contributed by atoms with van der Waals surface area (Å²) in [5.74, 6) is 0.264. The summed E-state index contributed by atoms with van der Waals surface area (Å²) in [7, 11) is 0. The molecular weight excluding hydrogens is 344 g/mol. The van der Waals surface area contributed by atoms with Crippen LogP contribution in [0.3, 0.4) is 0 Å². The van der Waals surface area contributed by atoms with Crippen molar-refractivity contribution in [3.05, 3.63) is 47.2 Å². The minimum atomic E-state index is -0.774. The van der Waals surface area contributed by atoms with Gasteiger partial charge >= 0.3 is 5.97 Å². The highest BCUT2D eigenvalue weighted by atomic mass is 16.5. The first-order valence-electron chi connectivity index (χ1n) is 9.66. The zero-order chi connectivity index (χ0) is 19.4. The Morgan fingerprint density at radius 1 is 1.19 bits per heavy atom. The Bertz CT molecular complexity index is 783. The van der Waals surface area contributed by atoms with Crippen molar-refractivity contribution in [2.75, 3.05) is 13.1 Å². The number of amides is 1. The summed E-state index contributed by atoms with van der Waals surface area (Å²) in [6.45, 7) is 7.54. The minimum Gasteiger partial charge on any atom is -0.467 e. The van der Waals surface area contributed by atoms with Gasteiger partial charge in [-0.05, 0) is 51.8 Å². The third kappa shape index (κ3) is 4.43. The van der Waals surface area contributed by atoms with Crippen LogP contribution in [-0.4, -0.2) is 40.5 Å². The van der Waals surface area contributed by atoms with Gasteiger partial charge in [-0.2, -0.15) is 0 Å². The second kappa shape index (κ2) is 8.46. The Labute approximate surface area is 160 Å². The molecule has 0 spiro atoms. The van der Waals surface area contributed by atoms with E-state index in [1.165, 1.54) is 0 Å². The molecule has 6 heteroatoms.